The van der Waals surface area contributed by atoms with Gasteiger partial charge >= 0.3 is 0 Å². The van der Waals surface area contributed by atoms with E-state index >= 15 is 0 Å². The van der Waals surface area contributed by atoms with Crippen molar-refractivity contribution in [3.8, 4) is 0 Å². The normalized spacial score (nSPS) is 16.4. The maximum absolute atomic E-state index is 4.81. The van der Waals surface area contributed by atoms with Crippen LogP contribution in [0.2, 0.25) is 0 Å². The second-order valence-electron chi connectivity index (χ2n) is 8.38. The van der Waals surface area contributed by atoms with Gasteiger partial charge in [-0.1, -0.05) is 20.8 Å². The number of nitrogens with zero attached hydrogens (tertiary/aromatic N) is 6. The van der Waals surface area contributed by atoms with Crippen molar-refractivity contribution in [3.05, 3.63) is 39.6 Å². The Morgan fingerprint density at radius 3 is 2.41 bits per heavy atom. The quantitative estimate of drug-likeness (QED) is 0.692. The molecule has 0 saturated carbocycles. The summed E-state index contributed by atoms with van der Waals surface area (Å²) in [4.78, 5) is 15.5. The number of hydrogen-bond donors (Lipinski definition) is 0. The molecule has 1 aliphatic rings. The summed E-state index contributed by atoms with van der Waals surface area (Å²) in [5.41, 5.74) is 3.21. The second-order valence-corrected chi connectivity index (χ2v) is 9.66. The van der Waals surface area contributed by atoms with Crippen molar-refractivity contribution >= 4 is 22.8 Å². The lowest BCUT2D eigenvalue weighted by atomic mass is 9.93. The van der Waals surface area contributed by atoms with E-state index in [0.29, 0.717) is 0 Å². The third-order valence-corrected chi connectivity index (χ3v) is 6.20. The van der Waals surface area contributed by atoms with Crippen LogP contribution < -0.4 is 4.90 Å². The molecule has 0 spiro atoms. The molecule has 0 bridgehead atoms. The first-order valence-corrected chi connectivity index (χ1v) is 10.4. The van der Waals surface area contributed by atoms with Crippen molar-refractivity contribution in [3.63, 3.8) is 0 Å². The predicted molar refractivity (Wildman–Crippen MR) is 111 cm³/mol. The molecule has 3 aromatic rings. The van der Waals surface area contributed by atoms with Gasteiger partial charge in [-0.2, -0.15) is 0 Å². The monoisotopic (exact) mass is 384 g/mol. The van der Waals surface area contributed by atoms with Crippen LogP contribution in [0.15, 0.2) is 18.3 Å². The summed E-state index contributed by atoms with van der Waals surface area (Å²) in [7, 11) is 0. The lowest BCUT2D eigenvalue weighted by molar-refractivity contribution is 0.250. The standard InChI is InChI=1S/C20H28N6S/c1-14-16(27-15(2)21-14)12-24-8-10-25(11-9-24)19-7-6-18-22-17(20(3,4)5)13-26(18)23-19/h6-7,13H,8-12H2,1-5H3. The molecule has 1 saturated heterocycles. The van der Waals surface area contributed by atoms with Gasteiger partial charge < -0.3 is 4.90 Å². The van der Waals surface area contributed by atoms with Gasteiger partial charge in [-0.25, -0.2) is 14.5 Å². The summed E-state index contributed by atoms with van der Waals surface area (Å²) in [6.45, 7) is 15.8. The highest BCUT2D eigenvalue weighted by molar-refractivity contribution is 7.11. The van der Waals surface area contributed by atoms with Gasteiger partial charge in [-0.15, -0.1) is 16.4 Å². The Kier molecular flexibility index (Phi) is 4.68. The lowest BCUT2D eigenvalue weighted by Gasteiger charge is -2.35. The van der Waals surface area contributed by atoms with Crippen molar-refractivity contribution < 1.29 is 0 Å². The van der Waals surface area contributed by atoms with Gasteiger partial charge in [0.2, 0.25) is 0 Å². The summed E-state index contributed by atoms with van der Waals surface area (Å²) < 4.78 is 1.92. The first-order chi connectivity index (χ1) is 12.8. The van der Waals surface area contributed by atoms with Crippen molar-refractivity contribution in [2.45, 2.75) is 46.6 Å². The van der Waals surface area contributed by atoms with E-state index in [2.05, 4.69) is 67.7 Å². The second kappa shape index (κ2) is 6.87. The number of imidazole rings is 1. The fraction of sp³-hybridized carbons (Fsp3) is 0.550. The van der Waals surface area contributed by atoms with E-state index in [4.69, 9.17) is 10.1 Å². The summed E-state index contributed by atoms with van der Waals surface area (Å²) in [6.07, 6.45) is 2.06. The van der Waals surface area contributed by atoms with Crippen molar-refractivity contribution in [2.24, 2.45) is 0 Å². The van der Waals surface area contributed by atoms with E-state index in [0.717, 1.165) is 54.9 Å². The number of hydrogen-bond acceptors (Lipinski definition) is 6. The van der Waals surface area contributed by atoms with E-state index in [1.165, 1.54) is 10.6 Å². The molecular weight excluding hydrogens is 356 g/mol. The highest BCUT2D eigenvalue weighted by Crippen LogP contribution is 2.23. The maximum Gasteiger partial charge on any atom is 0.153 e. The number of aromatic nitrogens is 4. The van der Waals surface area contributed by atoms with E-state index < -0.39 is 0 Å². The average molecular weight is 385 g/mol. The summed E-state index contributed by atoms with van der Waals surface area (Å²) >= 11 is 1.82. The smallest absolute Gasteiger partial charge is 0.153 e. The van der Waals surface area contributed by atoms with Crippen LogP contribution in [0.3, 0.4) is 0 Å². The van der Waals surface area contributed by atoms with E-state index in [9.17, 15) is 0 Å². The minimum Gasteiger partial charge on any atom is -0.353 e. The number of piperazine rings is 1. The zero-order chi connectivity index (χ0) is 19.2. The van der Waals surface area contributed by atoms with Crippen LogP contribution in [0.5, 0.6) is 0 Å². The molecule has 4 rings (SSSR count). The summed E-state index contributed by atoms with van der Waals surface area (Å²) in [5.74, 6) is 1.03. The predicted octanol–water partition coefficient (Wildman–Crippen LogP) is 3.42. The Hall–Kier alpha value is -1.99. The first kappa shape index (κ1) is 18.4. The van der Waals surface area contributed by atoms with E-state index in [1.54, 1.807) is 0 Å². The molecule has 7 heteroatoms. The lowest BCUT2D eigenvalue weighted by Crippen LogP contribution is -2.46. The van der Waals surface area contributed by atoms with Crippen molar-refractivity contribution in [1.29, 1.82) is 0 Å². The Labute approximate surface area is 164 Å². The van der Waals surface area contributed by atoms with Crippen LogP contribution in [0.4, 0.5) is 5.82 Å². The highest BCUT2D eigenvalue weighted by atomic mass is 32.1. The summed E-state index contributed by atoms with van der Waals surface area (Å²) in [6, 6.07) is 4.18. The van der Waals surface area contributed by atoms with Crippen molar-refractivity contribution in [1.82, 2.24) is 24.5 Å². The van der Waals surface area contributed by atoms with Crippen molar-refractivity contribution in [2.75, 3.05) is 31.1 Å². The molecule has 0 radical (unpaired) electrons. The number of anilines is 1. The Morgan fingerprint density at radius 1 is 1.04 bits per heavy atom. The molecule has 0 N–H and O–H groups in total. The Balaban J connectivity index is 1.44. The fourth-order valence-electron chi connectivity index (χ4n) is 3.46. The molecule has 27 heavy (non-hydrogen) atoms. The molecule has 144 valence electrons. The minimum absolute atomic E-state index is 0.0343. The number of fused-ring (bicyclic) bond motifs is 1. The van der Waals surface area contributed by atoms with Gasteiger partial charge in [-0.05, 0) is 26.0 Å². The Morgan fingerprint density at radius 2 is 1.78 bits per heavy atom. The third kappa shape index (κ3) is 3.84. The molecule has 1 aliphatic heterocycles. The molecule has 0 unspecified atom stereocenters. The molecule has 0 aromatic carbocycles. The molecule has 6 nitrogen and oxygen atoms in total. The third-order valence-electron chi connectivity index (χ3n) is 5.14. The summed E-state index contributed by atoms with van der Waals surface area (Å²) in [5, 5.41) is 5.97. The first-order valence-electron chi connectivity index (χ1n) is 9.57. The zero-order valence-corrected chi connectivity index (χ0v) is 17.7. The number of rotatable bonds is 3. The van der Waals surface area contributed by atoms with Crippen LogP contribution in [0.1, 0.15) is 42.0 Å². The Bertz CT molecular complexity index is 943. The average Bonchev–Trinajstić information content (AvgIpc) is 3.18. The van der Waals surface area contributed by atoms with Crippen LogP contribution >= 0.6 is 11.3 Å². The SMILES string of the molecule is Cc1nc(C)c(CN2CCN(c3ccc4nc(C(C)(C)C)cn4n3)CC2)s1. The molecule has 0 amide bonds. The molecule has 0 atom stereocenters. The number of aryl methyl sites for hydroxylation is 2. The molecule has 3 aromatic heterocycles. The van der Waals surface area contributed by atoms with Crippen LogP contribution in [-0.2, 0) is 12.0 Å². The maximum atomic E-state index is 4.81. The largest absolute Gasteiger partial charge is 0.353 e. The van der Waals surface area contributed by atoms with Gasteiger partial charge in [0.05, 0.1) is 22.6 Å². The van der Waals surface area contributed by atoms with Crippen LogP contribution in [0, 0.1) is 13.8 Å². The molecule has 4 heterocycles. The minimum atomic E-state index is 0.0343. The van der Waals surface area contributed by atoms with E-state index in [-0.39, 0.29) is 5.41 Å². The number of thiazole rings is 1. The molecular formula is C20H28N6S. The van der Waals surface area contributed by atoms with Gasteiger partial charge in [0, 0.05) is 43.0 Å². The van der Waals surface area contributed by atoms with Gasteiger partial charge in [0.25, 0.3) is 0 Å². The van der Waals surface area contributed by atoms with Gasteiger partial charge in [0.1, 0.15) is 5.82 Å². The van der Waals surface area contributed by atoms with Gasteiger partial charge in [0.15, 0.2) is 5.65 Å². The van der Waals surface area contributed by atoms with Crippen LogP contribution in [-0.4, -0.2) is 50.7 Å². The fourth-order valence-corrected chi connectivity index (χ4v) is 4.44. The topological polar surface area (TPSA) is 49.6 Å². The molecule has 1 fully saturated rings. The molecule has 0 aliphatic carbocycles. The zero-order valence-electron chi connectivity index (χ0n) is 16.9. The van der Waals surface area contributed by atoms with E-state index in [1.807, 2.05) is 15.9 Å². The van der Waals surface area contributed by atoms with Crippen LogP contribution in [0.25, 0.3) is 5.65 Å². The van der Waals surface area contributed by atoms with Gasteiger partial charge in [-0.3, -0.25) is 4.90 Å². The highest BCUT2D eigenvalue weighted by Gasteiger charge is 2.21.